The highest BCUT2D eigenvalue weighted by Crippen LogP contribution is 2.23. The van der Waals surface area contributed by atoms with Gasteiger partial charge < -0.3 is 14.8 Å². The maximum absolute atomic E-state index is 12.2. The van der Waals surface area contributed by atoms with Crippen LogP contribution >= 0.6 is 0 Å². The molecule has 0 aliphatic carbocycles. The number of nitrogens with one attached hydrogen (secondary N) is 1. The number of rotatable bonds is 5. The molecule has 2 N–H and O–H groups in total. The minimum atomic E-state index is -0.338. The molecule has 0 radical (unpaired) electrons. The molecule has 0 aliphatic heterocycles. The monoisotopic (exact) mass is 274 g/mol. The smallest absolute Gasteiger partial charge is 0.274 e. The minimum absolute atomic E-state index is 0.0973. The lowest BCUT2D eigenvalue weighted by atomic mass is 10.1. The largest absolute Gasteiger partial charge is 0.443 e. The second kappa shape index (κ2) is 6.34. The topological polar surface area (TPSA) is 75.4 Å². The van der Waals surface area contributed by atoms with Crippen LogP contribution in [0.25, 0.3) is 11.3 Å². The quantitative estimate of drug-likeness (QED) is 0.876. The average molecular weight is 274 g/mol. The van der Waals surface area contributed by atoms with Crippen LogP contribution in [0, 0.1) is 6.92 Å². The minimum Gasteiger partial charge on any atom is -0.443 e. The number of carbonyl (C=O) groups excluding carboxylic acids is 1. The van der Waals surface area contributed by atoms with Crippen molar-refractivity contribution in [3.05, 3.63) is 41.9 Å². The summed E-state index contributed by atoms with van der Waals surface area (Å²) in [5, 5.41) is 11.9. The van der Waals surface area contributed by atoms with Gasteiger partial charge in [0, 0.05) is 5.56 Å². The first-order valence-electron chi connectivity index (χ1n) is 6.58. The second-order valence-corrected chi connectivity index (χ2v) is 4.66. The first-order chi connectivity index (χ1) is 9.65. The summed E-state index contributed by atoms with van der Waals surface area (Å²) in [6.45, 7) is 3.79. The normalized spacial score (nSPS) is 12.2. The van der Waals surface area contributed by atoms with Crippen LogP contribution in [0.2, 0.25) is 0 Å². The van der Waals surface area contributed by atoms with Gasteiger partial charge in [0.25, 0.3) is 5.91 Å². The maximum Gasteiger partial charge on any atom is 0.274 e. The van der Waals surface area contributed by atoms with E-state index in [9.17, 15) is 4.79 Å². The summed E-state index contributed by atoms with van der Waals surface area (Å²) in [6.07, 6.45) is 1.91. The molecule has 1 amide bonds. The van der Waals surface area contributed by atoms with Gasteiger partial charge in [-0.2, -0.15) is 0 Å². The van der Waals surface area contributed by atoms with E-state index in [1.165, 1.54) is 6.39 Å². The second-order valence-electron chi connectivity index (χ2n) is 4.66. The van der Waals surface area contributed by atoms with Crippen LogP contribution in [0.3, 0.4) is 0 Å². The predicted octanol–water partition coefficient (Wildman–Crippen LogP) is 2.15. The van der Waals surface area contributed by atoms with Gasteiger partial charge in [0.2, 0.25) is 0 Å². The highest BCUT2D eigenvalue weighted by molar-refractivity contribution is 5.97. The number of amides is 1. The lowest BCUT2D eigenvalue weighted by Gasteiger charge is -2.13. The zero-order valence-electron chi connectivity index (χ0n) is 11.6. The lowest BCUT2D eigenvalue weighted by molar-refractivity contribution is 0.0910. The van der Waals surface area contributed by atoms with Crippen molar-refractivity contribution in [3.63, 3.8) is 0 Å². The van der Waals surface area contributed by atoms with Gasteiger partial charge in [-0.15, -0.1) is 0 Å². The number of hydrogen-bond donors (Lipinski definition) is 2. The molecule has 0 saturated heterocycles. The molecule has 0 aliphatic rings. The molecule has 1 unspecified atom stereocenters. The number of aromatic nitrogens is 1. The number of hydrogen-bond acceptors (Lipinski definition) is 4. The fourth-order valence-electron chi connectivity index (χ4n) is 1.85. The van der Waals surface area contributed by atoms with Crippen molar-refractivity contribution >= 4 is 5.91 Å². The van der Waals surface area contributed by atoms with Crippen molar-refractivity contribution in [2.24, 2.45) is 0 Å². The fraction of sp³-hybridized carbons (Fsp3) is 0.333. The molecule has 0 spiro atoms. The number of aliphatic hydroxyl groups is 1. The number of carbonyl (C=O) groups is 1. The summed E-state index contributed by atoms with van der Waals surface area (Å²) in [4.78, 5) is 16.1. The first-order valence-corrected chi connectivity index (χ1v) is 6.58. The molecule has 2 rings (SSSR count). The fourth-order valence-corrected chi connectivity index (χ4v) is 1.85. The van der Waals surface area contributed by atoms with Gasteiger partial charge in [-0.1, -0.05) is 36.8 Å². The van der Waals surface area contributed by atoms with Crippen LogP contribution in [0.15, 0.2) is 35.1 Å². The molecule has 1 aromatic carbocycles. The van der Waals surface area contributed by atoms with E-state index >= 15 is 0 Å². The Hall–Kier alpha value is -2.14. The van der Waals surface area contributed by atoms with E-state index < -0.39 is 0 Å². The Morgan fingerprint density at radius 2 is 2.10 bits per heavy atom. The van der Waals surface area contributed by atoms with Crippen molar-refractivity contribution in [1.29, 1.82) is 0 Å². The highest BCUT2D eigenvalue weighted by Gasteiger charge is 2.20. The third-order valence-electron chi connectivity index (χ3n) is 3.14. The molecule has 0 saturated carbocycles. The van der Waals surface area contributed by atoms with Crippen LogP contribution in [-0.4, -0.2) is 28.6 Å². The van der Waals surface area contributed by atoms with E-state index in [-0.39, 0.29) is 24.2 Å². The number of nitrogens with zero attached hydrogens (tertiary/aromatic N) is 1. The molecule has 0 fully saturated rings. The van der Waals surface area contributed by atoms with Gasteiger partial charge in [-0.25, -0.2) is 4.98 Å². The SMILES string of the molecule is CCC(CO)NC(=O)c1ncoc1-c1ccc(C)cc1. The summed E-state index contributed by atoms with van der Waals surface area (Å²) in [5.74, 6) is 0.102. The number of aryl methyl sites for hydroxylation is 1. The molecule has 1 heterocycles. The summed E-state index contributed by atoms with van der Waals surface area (Å²) in [5.41, 5.74) is 2.17. The number of oxazole rings is 1. The molecule has 106 valence electrons. The summed E-state index contributed by atoms with van der Waals surface area (Å²) in [6, 6.07) is 7.39. The molecule has 5 heteroatoms. The van der Waals surface area contributed by atoms with E-state index in [0.29, 0.717) is 12.2 Å². The van der Waals surface area contributed by atoms with Crippen molar-refractivity contribution in [2.45, 2.75) is 26.3 Å². The van der Waals surface area contributed by atoms with Gasteiger partial charge >= 0.3 is 0 Å². The van der Waals surface area contributed by atoms with Crippen LogP contribution in [0.5, 0.6) is 0 Å². The van der Waals surface area contributed by atoms with E-state index in [0.717, 1.165) is 11.1 Å². The van der Waals surface area contributed by atoms with Gasteiger partial charge in [0.15, 0.2) is 17.8 Å². The third kappa shape index (κ3) is 3.05. The van der Waals surface area contributed by atoms with E-state index in [2.05, 4.69) is 10.3 Å². The van der Waals surface area contributed by atoms with Crippen molar-refractivity contribution in [3.8, 4) is 11.3 Å². The summed E-state index contributed by atoms with van der Waals surface area (Å²) >= 11 is 0. The zero-order valence-corrected chi connectivity index (χ0v) is 11.6. The van der Waals surface area contributed by atoms with Crippen molar-refractivity contribution < 1.29 is 14.3 Å². The molecule has 2 aromatic rings. The molecular formula is C15H18N2O3. The van der Waals surface area contributed by atoms with E-state index in [1.807, 2.05) is 38.1 Å². The molecule has 1 atom stereocenters. The van der Waals surface area contributed by atoms with Gasteiger partial charge in [0.05, 0.1) is 12.6 Å². The van der Waals surface area contributed by atoms with E-state index in [4.69, 9.17) is 9.52 Å². The maximum atomic E-state index is 12.2. The average Bonchev–Trinajstić information content (AvgIpc) is 2.94. The van der Waals surface area contributed by atoms with Crippen LogP contribution in [0.4, 0.5) is 0 Å². The van der Waals surface area contributed by atoms with Crippen LogP contribution < -0.4 is 5.32 Å². The Labute approximate surface area is 117 Å². The van der Waals surface area contributed by atoms with E-state index in [1.54, 1.807) is 0 Å². The Bertz CT molecular complexity index is 571. The Morgan fingerprint density at radius 3 is 2.70 bits per heavy atom. The standard InChI is InChI=1S/C15H18N2O3/c1-3-12(8-18)17-15(19)13-14(20-9-16-13)11-6-4-10(2)5-7-11/h4-7,9,12,18H,3,8H2,1-2H3,(H,17,19). The predicted molar refractivity (Wildman–Crippen MR) is 75.3 cm³/mol. The zero-order chi connectivity index (χ0) is 14.5. The summed E-state index contributed by atoms with van der Waals surface area (Å²) < 4.78 is 5.33. The van der Waals surface area contributed by atoms with Gasteiger partial charge in [-0.05, 0) is 13.3 Å². The van der Waals surface area contributed by atoms with Gasteiger partial charge in [0.1, 0.15) is 0 Å². The number of benzene rings is 1. The first kappa shape index (κ1) is 14.3. The molecule has 0 bridgehead atoms. The van der Waals surface area contributed by atoms with Crippen LogP contribution in [0.1, 0.15) is 29.4 Å². The van der Waals surface area contributed by atoms with Crippen LogP contribution in [-0.2, 0) is 0 Å². The highest BCUT2D eigenvalue weighted by atomic mass is 16.3. The third-order valence-corrected chi connectivity index (χ3v) is 3.14. The summed E-state index contributed by atoms with van der Waals surface area (Å²) in [7, 11) is 0. The Kier molecular flexibility index (Phi) is 4.53. The Balaban J connectivity index is 2.24. The molecule has 1 aromatic heterocycles. The molecular weight excluding hydrogens is 256 g/mol. The van der Waals surface area contributed by atoms with Gasteiger partial charge in [-0.3, -0.25) is 4.79 Å². The number of aliphatic hydroxyl groups excluding tert-OH is 1. The van der Waals surface area contributed by atoms with Crippen molar-refractivity contribution in [2.75, 3.05) is 6.61 Å². The Morgan fingerprint density at radius 1 is 1.40 bits per heavy atom. The van der Waals surface area contributed by atoms with Crippen molar-refractivity contribution in [1.82, 2.24) is 10.3 Å². The lowest BCUT2D eigenvalue weighted by Crippen LogP contribution is -2.37. The molecule has 20 heavy (non-hydrogen) atoms. The molecule has 5 nitrogen and oxygen atoms in total.